The smallest absolute Gasteiger partial charge is 0.226 e. The van der Waals surface area contributed by atoms with Crippen molar-refractivity contribution < 1.29 is 14.3 Å². The SMILES string of the molecule is O=C(CC1=CSC2=NCCN12)N[C@H]1CCOC2(CCOCC2)C1. The molecule has 2 fully saturated rings. The van der Waals surface area contributed by atoms with Gasteiger partial charge in [-0.3, -0.25) is 9.79 Å². The van der Waals surface area contributed by atoms with E-state index in [1.807, 2.05) is 0 Å². The van der Waals surface area contributed by atoms with Gasteiger partial charge in [0.2, 0.25) is 5.91 Å². The van der Waals surface area contributed by atoms with Crippen LogP contribution in [0.3, 0.4) is 0 Å². The van der Waals surface area contributed by atoms with E-state index in [0.29, 0.717) is 6.42 Å². The van der Waals surface area contributed by atoms with Crippen LogP contribution in [-0.4, -0.2) is 60.5 Å². The summed E-state index contributed by atoms with van der Waals surface area (Å²) in [6.45, 7) is 4.00. The molecule has 4 rings (SSSR count). The number of hydrogen-bond donors (Lipinski definition) is 1. The second-order valence-electron chi connectivity index (χ2n) is 6.62. The molecule has 0 radical (unpaired) electrons. The maximum atomic E-state index is 12.4. The summed E-state index contributed by atoms with van der Waals surface area (Å²) < 4.78 is 11.5. The molecule has 7 heteroatoms. The molecule has 6 nitrogen and oxygen atoms in total. The highest BCUT2D eigenvalue weighted by molar-refractivity contribution is 8.16. The lowest BCUT2D eigenvalue weighted by Crippen LogP contribution is -2.51. The number of thioether (sulfide) groups is 1. The second kappa shape index (κ2) is 6.45. The molecule has 0 saturated carbocycles. The molecule has 1 amide bonds. The lowest BCUT2D eigenvalue weighted by molar-refractivity contribution is -0.143. The molecule has 4 heterocycles. The maximum absolute atomic E-state index is 12.4. The van der Waals surface area contributed by atoms with E-state index < -0.39 is 0 Å². The largest absolute Gasteiger partial charge is 0.381 e. The summed E-state index contributed by atoms with van der Waals surface area (Å²) in [5.41, 5.74) is 1.00. The number of nitrogens with zero attached hydrogens (tertiary/aromatic N) is 2. The predicted molar refractivity (Wildman–Crippen MR) is 89.2 cm³/mol. The lowest BCUT2D eigenvalue weighted by atomic mass is 9.84. The van der Waals surface area contributed by atoms with Gasteiger partial charge in [0.1, 0.15) is 0 Å². The molecular formula is C16H23N3O3S. The van der Waals surface area contributed by atoms with Crippen molar-refractivity contribution in [3.8, 4) is 0 Å². The van der Waals surface area contributed by atoms with Crippen molar-refractivity contribution in [3.63, 3.8) is 0 Å². The summed E-state index contributed by atoms with van der Waals surface area (Å²) in [5.74, 6) is 0.110. The maximum Gasteiger partial charge on any atom is 0.226 e. The second-order valence-corrected chi connectivity index (χ2v) is 7.46. The fraction of sp³-hybridized carbons (Fsp3) is 0.750. The predicted octanol–water partition coefficient (Wildman–Crippen LogP) is 1.48. The molecular weight excluding hydrogens is 314 g/mol. The van der Waals surface area contributed by atoms with E-state index in [2.05, 4.69) is 20.6 Å². The number of carbonyl (C=O) groups excluding carboxylic acids is 1. The number of amidine groups is 1. The topological polar surface area (TPSA) is 63.2 Å². The first kappa shape index (κ1) is 15.5. The van der Waals surface area contributed by atoms with Gasteiger partial charge in [-0.15, -0.1) is 0 Å². The van der Waals surface area contributed by atoms with Crippen LogP contribution in [0.15, 0.2) is 16.1 Å². The van der Waals surface area contributed by atoms with Crippen LogP contribution < -0.4 is 5.32 Å². The Morgan fingerprint density at radius 1 is 1.43 bits per heavy atom. The van der Waals surface area contributed by atoms with Gasteiger partial charge in [0.15, 0.2) is 5.17 Å². The molecule has 4 aliphatic heterocycles. The molecule has 1 N–H and O–H groups in total. The van der Waals surface area contributed by atoms with Gasteiger partial charge in [0.05, 0.1) is 18.6 Å². The van der Waals surface area contributed by atoms with Gasteiger partial charge in [-0.25, -0.2) is 0 Å². The summed E-state index contributed by atoms with van der Waals surface area (Å²) in [6, 6.07) is 0.218. The van der Waals surface area contributed by atoms with Crippen LogP contribution in [0.4, 0.5) is 0 Å². The standard InChI is InChI=1S/C16H23N3O3S/c20-14(9-13-11-23-15-17-4-5-19(13)15)18-12-1-6-22-16(10-12)2-7-21-8-3-16/h11-12H,1-10H2,(H,18,20)/t12-/m0/s1. The average molecular weight is 337 g/mol. The first-order valence-corrected chi connectivity index (χ1v) is 9.31. The van der Waals surface area contributed by atoms with E-state index in [-0.39, 0.29) is 17.6 Å². The molecule has 0 aromatic carbocycles. The third-order valence-corrected chi connectivity index (χ3v) is 6.00. The van der Waals surface area contributed by atoms with Crippen LogP contribution in [0.25, 0.3) is 0 Å². The zero-order valence-corrected chi connectivity index (χ0v) is 14.1. The Kier molecular flexibility index (Phi) is 4.34. The molecule has 1 atom stereocenters. The number of ether oxygens (including phenoxy) is 2. The van der Waals surface area contributed by atoms with Gasteiger partial charge in [-0.05, 0) is 31.1 Å². The van der Waals surface area contributed by atoms with Crippen molar-refractivity contribution in [1.29, 1.82) is 0 Å². The number of hydrogen-bond acceptors (Lipinski definition) is 6. The van der Waals surface area contributed by atoms with Gasteiger partial charge in [-0.2, -0.15) is 0 Å². The van der Waals surface area contributed by atoms with Crippen molar-refractivity contribution in [1.82, 2.24) is 10.2 Å². The highest BCUT2D eigenvalue weighted by Gasteiger charge is 2.39. The van der Waals surface area contributed by atoms with Crippen molar-refractivity contribution in [2.24, 2.45) is 4.99 Å². The van der Waals surface area contributed by atoms with Crippen molar-refractivity contribution in [2.75, 3.05) is 32.9 Å². The van der Waals surface area contributed by atoms with Crippen LogP contribution in [0.2, 0.25) is 0 Å². The van der Waals surface area contributed by atoms with Crippen molar-refractivity contribution in [3.05, 3.63) is 11.1 Å². The van der Waals surface area contributed by atoms with E-state index in [1.54, 1.807) is 11.8 Å². The fourth-order valence-corrected chi connectivity index (χ4v) is 4.76. The lowest BCUT2D eigenvalue weighted by Gasteiger charge is -2.43. The van der Waals surface area contributed by atoms with Crippen LogP contribution in [0.1, 0.15) is 32.1 Å². The molecule has 0 unspecified atom stereocenters. The number of amides is 1. The molecule has 0 aromatic rings. The number of fused-ring (bicyclic) bond motifs is 1. The number of carbonyl (C=O) groups is 1. The van der Waals surface area contributed by atoms with E-state index in [0.717, 1.165) is 69.5 Å². The molecule has 23 heavy (non-hydrogen) atoms. The van der Waals surface area contributed by atoms with Crippen LogP contribution in [0.5, 0.6) is 0 Å². The van der Waals surface area contributed by atoms with Gasteiger partial charge in [0.25, 0.3) is 0 Å². The zero-order chi connectivity index (χ0) is 15.7. The average Bonchev–Trinajstić information content (AvgIpc) is 3.13. The highest BCUT2D eigenvalue weighted by atomic mass is 32.2. The van der Waals surface area contributed by atoms with Crippen LogP contribution in [-0.2, 0) is 14.3 Å². The van der Waals surface area contributed by atoms with Gasteiger partial charge in [-0.1, -0.05) is 11.8 Å². The minimum Gasteiger partial charge on any atom is -0.381 e. The van der Waals surface area contributed by atoms with Crippen LogP contribution >= 0.6 is 11.8 Å². The number of nitrogens with one attached hydrogen (secondary N) is 1. The van der Waals surface area contributed by atoms with Crippen LogP contribution in [0, 0.1) is 0 Å². The molecule has 2 saturated heterocycles. The van der Waals surface area contributed by atoms with E-state index in [9.17, 15) is 4.79 Å². The monoisotopic (exact) mass is 337 g/mol. The molecule has 0 aromatic heterocycles. The Morgan fingerprint density at radius 2 is 2.30 bits per heavy atom. The molecule has 4 aliphatic rings. The molecule has 1 spiro atoms. The quantitative estimate of drug-likeness (QED) is 0.845. The summed E-state index contributed by atoms with van der Waals surface area (Å²) in [4.78, 5) is 19.0. The van der Waals surface area contributed by atoms with Crippen molar-refractivity contribution in [2.45, 2.75) is 43.7 Å². The Morgan fingerprint density at radius 3 is 3.17 bits per heavy atom. The first-order valence-electron chi connectivity index (χ1n) is 8.43. The molecule has 0 bridgehead atoms. The number of aliphatic imine (C=N–C) groups is 1. The minimum atomic E-state index is -0.0777. The molecule has 126 valence electrons. The number of rotatable bonds is 3. The summed E-state index contributed by atoms with van der Waals surface area (Å²) in [6.07, 6.45) is 4.13. The van der Waals surface area contributed by atoms with Gasteiger partial charge < -0.3 is 19.7 Å². The fourth-order valence-electron chi connectivity index (χ4n) is 3.80. The Bertz CT molecular complexity index is 537. The van der Waals surface area contributed by atoms with Gasteiger partial charge >= 0.3 is 0 Å². The Hall–Kier alpha value is -1.05. The third kappa shape index (κ3) is 3.27. The Balaban J connectivity index is 1.31. The summed E-state index contributed by atoms with van der Waals surface area (Å²) in [5, 5.41) is 6.32. The summed E-state index contributed by atoms with van der Waals surface area (Å²) >= 11 is 1.63. The first-order chi connectivity index (χ1) is 11.2. The Labute approximate surface area is 140 Å². The van der Waals surface area contributed by atoms with E-state index in [1.165, 1.54) is 0 Å². The van der Waals surface area contributed by atoms with E-state index >= 15 is 0 Å². The zero-order valence-electron chi connectivity index (χ0n) is 13.3. The van der Waals surface area contributed by atoms with Gasteiger partial charge in [0, 0.05) is 38.1 Å². The third-order valence-electron chi connectivity index (χ3n) is 5.05. The normalized spacial score (nSPS) is 29.2. The minimum absolute atomic E-state index is 0.0777. The van der Waals surface area contributed by atoms with Crippen molar-refractivity contribution >= 4 is 22.8 Å². The molecule has 0 aliphatic carbocycles. The van der Waals surface area contributed by atoms with E-state index in [4.69, 9.17) is 9.47 Å². The summed E-state index contributed by atoms with van der Waals surface area (Å²) in [7, 11) is 0. The highest BCUT2D eigenvalue weighted by Crippen LogP contribution is 2.35.